The number of rotatable bonds is 4. The molecule has 1 atom stereocenters. The van der Waals surface area contributed by atoms with Crippen molar-refractivity contribution >= 4 is 11.9 Å². The predicted molar refractivity (Wildman–Crippen MR) is 99.6 cm³/mol. The summed E-state index contributed by atoms with van der Waals surface area (Å²) in [5, 5.41) is 9.17. The molecular weight excluding hydrogens is 344 g/mol. The number of anilines is 1. The largest absolute Gasteiger partial charge is 0.478 e. The first-order valence-corrected chi connectivity index (χ1v) is 8.65. The van der Waals surface area contributed by atoms with E-state index in [1.807, 2.05) is 30.3 Å². The lowest BCUT2D eigenvalue weighted by Crippen LogP contribution is -2.39. The van der Waals surface area contributed by atoms with Crippen molar-refractivity contribution in [3.05, 3.63) is 72.1 Å². The minimum Gasteiger partial charge on any atom is -0.478 e. The van der Waals surface area contributed by atoms with Crippen molar-refractivity contribution in [2.75, 3.05) is 24.6 Å². The van der Waals surface area contributed by atoms with Crippen molar-refractivity contribution < 1.29 is 14.6 Å². The second-order valence-electron chi connectivity index (χ2n) is 6.19. The lowest BCUT2D eigenvalue weighted by Gasteiger charge is -2.33. The van der Waals surface area contributed by atoms with Crippen LogP contribution >= 0.6 is 0 Å². The molecular formula is C20H18N4O3. The molecule has 1 unspecified atom stereocenters. The van der Waals surface area contributed by atoms with E-state index in [0.717, 1.165) is 5.56 Å². The highest BCUT2D eigenvalue weighted by Gasteiger charge is 2.24. The lowest BCUT2D eigenvalue weighted by molar-refractivity contribution is 0.0392. The van der Waals surface area contributed by atoms with Gasteiger partial charge in [-0.3, -0.25) is 4.98 Å². The maximum atomic E-state index is 11.2. The first-order valence-electron chi connectivity index (χ1n) is 8.65. The number of carboxylic acid groups (broad SMARTS) is 1. The summed E-state index contributed by atoms with van der Waals surface area (Å²) in [5.74, 6) is -0.411. The summed E-state index contributed by atoms with van der Waals surface area (Å²) in [6, 6.07) is 14.8. The normalized spacial score (nSPS) is 16.9. The second-order valence-corrected chi connectivity index (χ2v) is 6.19. The molecule has 1 aliphatic rings. The van der Waals surface area contributed by atoms with Crippen LogP contribution in [0.1, 0.15) is 22.0 Å². The van der Waals surface area contributed by atoms with Gasteiger partial charge in [0.2, 0.25) is 5.95 Å². The van der Waals surface area contributed by atoms with Crippen molar-refractivity contribution in [3.63, 3.8) is 0 Å². The summed E-state index contributed by atoms with van der Waals surface area (Å²) in [7, 11) is 0. The van der Waals surface area contributed by atoms with Crippen molar-refractivity contribution in [2.24, 2.45) is 0 Å². The molecule has 0 bridgehead atoms. The number of hydrogen-bond acceptors (Lipinski definition) is 6. The zero-order valence-electron chi connectivity index (χ0n) is 14.5. The second kappa shape index (κ2) is 7.51. The number of pyridine rings is 1. The van der Waals surface area contributed by atoms with Crippen LogP contribution < -0.4 is 4.90 Å². The minimum absolute atomic E-state index is 0.0410. The molecule has 0 saturated carbocycles. The average molecular weight is 362 g/mol. The number of nitrogens with zero attached hydrogens (tertiary/aromatic N) is 4. The Morgan fingerprint density at radius 2 is 1.89 bits per heavy atom. The zero-order chi connectivity index (χ0) is 18.6. The van der Waals surface area contributed by atoms with Crippen molar-refractivity contribution in [2.45, 2.75) is 6.10 Å². The van der Waals surface area contributed by atoms with Crippen LogP contribution in [0.5, 0.6) is 0 Å². The highest BCUT2D eigenvalue weighted by molar-refractivity contribution is 5.88. The Morgan fingerprint density at radius 3 is 2.70 bits per heavy atom. The fraction of sp³-hybridized carbons (Fsp3) is 0.200. The predicted octanol–water partition coefficient (Wildman–Crippen LogP) is 2.81. The molecule has 27 heavy (non-hydrogen) atoms. The molecule has 0 radical (unpaired) electrons. The molecule has 0 amide bonds. The van der Waals surface area contributed by atoms with E-state index in [4.69, 9.17) is 9.84 Å². The van der Waals surface area contributed by atoms with Crippen LogP contribution in [0.3, 0.4) is 0 Å². The van der Waals surface area contributed by atoms with Crippen LogP contribution in [0.2, 0.25) is 0 Å². The summed E-state index contributed by atoms with van der Waals surface area (Å²) in [6.45, 7) is 1.92. The Labute approximate surface area is 156 Å². The van der Waals surface area contributed by atoms with Crippen LogP contribution in [-0.2, 0) is 4.74 Å². The first kappa shape index (κ1) is 17.1. The molecule has 0 spiro atoms. The number of benzene rings is 1. The van der Waals surface area contributed by atoms with Gasteiger partial charge in [0.15, 0.2) is 0 Å². The number of hydrogen-bond donors (Lipinski definition) is 1. The van der Waals surface area contributed by atoms with E-state index in [9.17, 15) is 4.79 Å². The molecule has 2 aromatic heterocycles. The number of carboxylic acids is 1. The smallest absolute Gasteiger partial charge is 0.335 e. The van der Waals surface area contributed by atoms with Crippen LogP contribution in [0.15, 0.2) is 60.9 Å². The van der Waals surface area contributed by atoms with E-state index in [0.29, 0.717) is 37.0 Å². The molecule has 3 heterocycles. The number of carbonyl (C=O) groups is 1. The first-order chi connectivity index (χ1) is 13.2. The maximum absolute atomic E-state index is 11.2. The Morgan fingerprint density at radius 1 is 1.07 bits per heavy atom. The van der Waals surface area contributed by atoms with Gasteiger partial charge in [-0.1, -0.05) is 30.3 Å². The van der Waals surface area contributed by atoms with Gasteiger partial charge in [0, 0.05) is 18.9 Å². The molecule has 7 heteroatoms. The topological polar surface area (TPSA) is 88.4 Å². The minimum atomic E-state index is -0.994. The summed E-state index contributed by atoms with van der Waals surface area (Å²) in [4.78, 5) is 26.5. The molecule has 4 rings (SSSR count). The number of aromatic nitrogens is 3. The monoisotopic (exact) mass is 362 g/mol. The summed E-state index contributed by atoms with van der Waals surface area (Å²) < 4.78 is 5.90. The van der Waals surface area contributed by atoms with Gasteiger partial charge < -0.3 is 14.7 Å². The molecule has 0 aliphatic carbocycles. The lowest BCUT2D eigenvalue weighted by atomic mass is 10.1. The van der Waals surface area contributed by atoms with E-state index >= 15 is 0 Å². The Hall–Kier alpha value is -3.32. The fourth-order valence-electron chi connectivity index (χ4n) is 3.05. The van der Waals surface area contributed by atoms with E-state index in [2.05, 4.69) is 19.9 Å². The van der Waals surface area contributed by atoms with Gasteiger partial charge in [0.1, 0.15) is 6.10 Å². The third-order valence-electron chi connectivity index (χ3n) is 4.43. The van der Waals surface area contributed by atoms with Crippen molar-refractivity contribution in [3.8, 4) is 11.4 Å². The SMILES string of the molecule is O=C(O)c1ccnc(-c2ccnc(N3CCOC(c4ccccc4)C3)n2)c1. The van der Waals surface area contributed by atoms with Gasteiger partial charge in [0.05, 0.1) is 30.1 Å². The molecule has 1 saturated heterocycles. The van der Waals surface area contributed by atoms with Crippen LogP contribution in [0.4, 0.5) is 5.95 Å². The highest BCUT2D eigenvalue weighted by atomic mass is 16.5. The standard InChI is InChI=1S/C20H18N4O3/c25-19(26)15-6-8-21-17(12-15)16-7-9-22-20(23-16)24-10-11-27-18(13-24)14-4-2-1-3-5-14/h1-9,12,18H,10-11,13H2,(H,25,26). The van der Waals surface area contributed by atoms with Crippen LogP contribution in [0, 0.1) is 0 Å². The van der Waals surface area contributed by atoms with Gasteiger partial charge >= 0.3 is 5.97 Å². The average Bonchev–Trinajstić information content (AvgIpc) is 2.75. The van der Waals surface area contributed by atoms with E-state index in [1.165, 1.54) is 18.3 Å². The number of ether oxygens (including phenoxy) is 1. The highest BCUT2D eigenvalue weighted by Crippen LogP contribution is 2.25. The summed E-state index contributed by atoms with van der Waals surface area (Å²) >= 11 is 0. The van der Waals surface area contributed by atoms with Crippen LogP contribution in [-0.4, -0.2) is 45.7 Å². The summed E-state index contributed by atoms with van der Waals surface area (Å²) in [6.07, 6.45) is 3.10. The third kappa shape index (κ3) is 3.78. The zero-order valence-corrected chi connectivity index (χ0v) is 14.5. The molecule has 1 fully saturated rings. The van der Waals surface area contributed by atoms with E-state index < -0.39 is 5.97 Å². The Bertz CT molecular complexity index is 949. The Balaban J connectivity index is 1.59. The van der Waals surface area contributed by atoms with Crippen molar-refractivity contribution in [1.82, 2.24) is 15.0 Å². The molecule has 3 aromatic rings. The van der Waals surface area contributed by atoms with Crippen molar-refractivity contribution in [1.29, 1.82) is 0 Å². The maximum Gasteiger partial charge on any atom is 0.335 e. The summed E-state index contributed by atoms with van der Waals surface area (Å²) in [5.41, 5.74) is 2.39. The van der Waals surface area contributed by atoms with Gasteiger partial charge in [-0.25, -0.2) is 14.8 Å². The van der Waals surface area contributed by atoms with Gasteiger partial charge in [-0.2, -0.15) is 0 Å². The van der Waals surface area contributed by atoms with Crippen LogP contribution in [0.25, 0.3) is 11.4 Å². The molecule has 136 valence electrons. The van der Waals surface area contributed by atoms with Gasteiger partial charge in [-0.05, 0) is 23.8 Å². The quantitative estimate of drug-likeness (QED) is 0.763. The number of morpholine rings is 1. The third-order valence-corrected chi connectivity index (χ3v) is 4.43. The number of aromatic carboxylic acids is 1. The Kier molecular flexibility index (Phi) is 4.76. The molecule has 1 aliphatic heterocycles. The van der Waals surface area contributed by atoms with E-state index in [1.54, 1.807) is 12.3 Å². The van der Waals surface area contributed by atoms with Gasteiger partial charge in [-0.15, -0.1) is 0 Å². The molecule has 7 nitrogen and oxygen atoms in total. The van der Waals surface area contributed by atoms with E-state index in [-0.39, 0.29) is 11.7 Å². The van der Waals surface area contributed by atoms with Gasteiger partial charge in [0.25, 0.3) is 0 Å². The fourth-order valence-corrected chi connectivity index (χ4v) is 3.05. The molecule has 1 aromatic carbocycles. The molecule has 1 N–H and O–H groups in total.